The molecule has 2 heterocycles. The van der Waals surface area contributed by atoms with Crippen molar-refractivity contribution in [3.05, 3.63) is 82.4 Å². The largest absolute Gasteiger partial charge is 0.496 e. The summed E-state index contributed by atoms with van der Waals surface area (Å²) >= 11 is 11.2. The Morgan fingerprint density at radius 1 is 1.06 bits per heavy atom. The van der Waals surface area contributed by atoms with E-state index in [1.807, 2.05) is 30.3 Å². The Bertz CT molecular complexity index is 1290. The van der Waals surface area contributed by atoms with Gasteiger partial charge in [-0.3, -0.25) is 19.8 Å². The minimum Gasteiger partial charge on any atom is -0.496 e. The Kier molecular flexibility index (Phi) is 7.28. The lowest BCUT2D eigenvalue weighted by molar-refractivity contribution is -0.122. The fourth-order valence-corrected chi connectivity index (χ4v) is 3.78. The van der Waals surface area contributed by atoms with Gasteiger partial charge < -0.3 is 14.2 Å². The molecular weight excluding hydrogens is 490 g/mol. The number of benzene rings is 2. The first-order valence-electron chi connectivity index (χ1n) is 10.4. The average Bonchev–Trinajstić information content (AvgIpc) is 2.86. The van der Waals surface area contributed by atoms with Crippen LogP contribution < -0.4 is 24.4 Å². The van der Waals surface area contributed by atoms with Crippen LogP contribution >= 0.6 is 23.8 Å². The van der Waals surface area contributed by atoms with Gasteiger partial charge in [0, 0.05) is 11.1 Å². The summed E-state index contributed by atoms with van der Waals surface area (Å²) in [5.74, 6) is -0.590. The highest BCUT2D eigenvalue weighted by Crippen LogP contribution is 2.34. The van der Waals surface area contributed by atoms with E-state index < -0.39 is 11.8 Å². The molecule has 8 nitrogen and oxygen atoms in total. The molecular formula is C25H20ClN3O5S. The highest BCUT2D eigenvalue weighted by atomic mass is 35.5. The normalized spacial score (nSPS) is 14.7. The summed E-state index contributed by atoms with van der Waals surface area (Å²) in [7, 11) is 2.87. The second-order valence-corrected chi connectivity index (χ2v) is 8.12. The van der Waals surface area contributed by atoms with Crippen LogP contribution in [0.25, 0.3) is 6.08 Å². The molecule has 0 radical (unpaired) electrons. The minimum absolute atomic E-state index is 0.0406. The second kappa shape index (κ2) is 10.5. The molecule has 4 rings (SSSR count). The Labute approximate surface area is 212 Å². The van der Waals surface area contributed by atoms with Crippen LogP contribution in [0.5, 0.6) is 17.5 Å². The Balaban J connectivity index is 1.69. The maximum absolute atomic E-state index is 13.3. The number of pyridine rings is 1. The zero-order valence-corrected chi connectivity index (χ0v) is 20.4. The van der Waals surface area contributed by atoms with Crippen molar-refractivity contribution < 1.29 is 23.8 Å². The fraction of sp³-hybridized carbons (Fsp3) is 0.120. The number of rotatable bonds is 7. The number of aromatic nitrogens is 1. The van der Waals surface area contributed by atoms with Crippen LogP contribution in [0.3, 0.4) is 0 Å². The SMILES string of the molecule is COc1cc(OCc2ccccc2)nc(OC)c1C=C1C(=O)NC(=S)N(c2ccc(Cl)cc2)C1=O. The third-order valence-electron chi connectivity index (χ3n) is 5.08. The van der Waals surface area contributed by atoms with Crippen molar-refractivity contribution in [1.82, 2.24) is 10.3 Å². The van der Waals surface area contributed by atoms with Crippen LogP contribution in [-0.2, 0) is 16.2 Å². The van der Waals surface area contributed by atoms with Gasteiger partial charge in [0.15, 0.2) is 5.11 Å². The molecule has 10 heteroatoms. The predicted molar refractivity (Wildman–Crippen MR) is 136 cm³/mol. The zero-order valence-electron chi connectivity index (χ0n) is 18.8. The van der Waals surface area contributed by atoms with Crippen molar-refractivity contribution in [3.8, 4) is 17.5 Å². The summed E-state index contributed by atoms with van der Waals surface area (Å²) in [6.45, 7) is 0.287. The van der Waals surface area contributed by atoms with Gasteiger partial charge >= 0.3 is 0 Å². The fourth-order valence-electron chi connectivity index (χ4n) is 3.38. The van der Waals surface area contributed by atoms with E-state index in [2.05, 4.69) is 10.3 Å². The van der Waals surface area contributed by atoms with E-state index >= 15 is 0 Å². The van der Waals surface area contributed by atoms with Gasteiger partial charge in [-0.1, -0.05) is 41.9 Å². The van der Waals surface area contributed by atoms with Crippen molar-refractivity contribution in [2.75, 3.05) is 19.1 Å². The van der Waals surface area contributed by atoms with Crippen LogP contribution in [-0.4, -0.2) is 36.1 Å². The van der Waals surface area contributed by atoms with E-state index in [1.165, 1.54) is 25.2 Å². The Morgan fingerprint density at radius 2 is 1.77 bits per heavy atom. The van der Waals surface area contributed by atoms with Crippen LogP contribution in [0.4, 0.5) is 5.69 Å². The molecule has 0 spiro atoms. The van der Waals surface area contributed by atoms with Gasteiger partial charge in [-0.25, -0.2) is 0 Å². The van der Waals surface area contributed by atoms with E-state index in [0.717, 1.165) is 5.56 Å². The summed E-state index contributed by atoms with van der Waals surface area (Å²) < 4.78 is 16.7. The van der Waals surface area contributed by atoms with Gasteiger partial charge in [0.25, 0.3) is 11.8 Å². The summed E-state index contributed by atoms with van der Waals surface area (Å²) in [6.07, 6.45) is 1.36. The third kappa shape index (κ3) is 5.26. The van der Waals surface area contributed by atoms with Gasteiger partial charge in [0.2, 0.25) is 11.8 Å². The molecule has 1 aromatic heterocycles. The maximum Gasteiger partial charge on any atom is 0.270 e. The van der Waals surface area contributed by atoms with Gasteiger partial charge in [-0.05, 0) is 48.1 Å². The number of anilines is 1. The molecule has 1 aliphatic rings. The third-order valence-corrected chi connectivity index (χ3v) is 5.62. The summed E-state index contributed by atoms with van der Waals surface area (Å²) in [6, 6.07) is 17.7. The van der Waals surface area contributed by atoms with Crippen molar-refractivity contribution >= 4 is 52.5 Å². The molecule has 2 aromatic carbocycles. The molecule has 1 fully saturated rings. The van der Waals surface area contributed by atoms with Crippen LogP contribution in [0.1, 0.15) is 11.1 Å². The zero-order chi connectivity index (χ0) is 24.9. The second-order valence-electron chi connectivity index (χ2n) is 7.29. The highest BCUT2D eigenvalue weighted by molar-refractivity contribution is 7.80. The number of carbonyl (C=O) groups excluding carboxylic acids is 2. The van der Waals surface area contributed by atoms with Crippen LogP contribution in [0.15, 0.2) is 66.2 Å². The number of hydrogen-bond acceptors (Lipinski definition) is 7. The number of nitrogens with zero attached hydrogens (tertiary/aromatic N) is 2. The quantitative estimate of drug-likeness (QED) is 0.290. The number of ether oxygens (including phenoxy) is 3. The van der Waals surface area contributed by atoms with E-state index in [-0.39, 0.29) is 29.1 Å². The topological polar surface area (TPSA) is 90.0 Å². The molecule has 0 atom stereocenters. The Morgan fingerprint density at radius 3 is 2.43 bits per heavy atom. The number of hydrogen-bond donors (Lipinski definition) is 1. The summed E-state index contributed by atoms with van der Waals surface area (Å²) in [5, 5.41) is 3.00. The number of halogens is 1. The number of carbonyl (C=O) groups is 2. The molecule has 0 bridgehead atoms. The standard InChI is InChI=1S/C25H20ClN3O5S/c1-32-20-13-21(34-14-15-6-4-3-5-7-15)27-23(33-2)18(20)12-19-22(30)28-25(35)29(24(19)31)17-10-8-16(26)9-11-17/h3-13H,14H2,1-2H3,(H,28,30,35). The van der Waals surface area contributed by atoms with Gasteiger partial charge in [-0.15, -0.1) is 0 Å². The molecule has 1 saturated heterocycles. The monoisotopic (exact) mass is 509 g/mol. The first-order chi connectivity index (χ1) is 16.9. The first kappa shape index (κ1) is 24.2. The average molecular weight is 510 g/mol. The number of methoxy groups -OCH3 is 2. The minimum atomic E-state index is -0.654. The molecule has 2 amide bonds. The van der Waals surface area contributed by atoms with Gasteiger partial charge in [0.1, 0.15) is 17.9 Å². The molecule has 0 saturated carbocycles. The molecule has 178 valence electrons. The molecule has 0 unspecified atom stereocenters. The van der Waals surface area contributed by atoms with Gasteiger partial charge in [0.05, 0.1) is 25.5 Å². The van der Waals surface area contributed by atoms with E-state index in [0.29, 0.717) is 22.0 Å². The highest BCUT2D eigenvalue weighted by Gasteiger charge is 2.35. The lowest BCUT2D eigenvalue weighted by Crippen LogP contribution is -2.54. The smallest absolute Gasteiger partial charge is 0.270 e. The molecule has 3 aromatic rings. The number of amides is 2. The maximum atomic E-state index is 13.3. The predicted octanol–water partition coefficient (Wildman–Crippen LogP) is 4.16. The van der Waals surface area contributed by atoms with E-state index in [9.17, 15) is 9.59 Å². The van der Waals surface area contributed by atoms with Crippen LogP contribution in [0, 0.1) is 0 Å². The van der Waals surface area contributed by atoms with Crippen molar-refractivity contribution in [2.45, 2.75) is 6.61 Å². The lowest BCUT2D eigenvalue weighted by Gasteiger charge is -2.29. The van der Waals surface area contributed by atoms with Crippen LogP contribution in [0.2, 0.25) is 5.02 Å². The first-order valence-corrected chi connectivity index (χ1v) is 11.2. The Hall–Kier alpha value is -3.95. The molecule has 35 heavy (non-hydrogen) atoms. The molecule has 1 N–H and O–H groups in total. The van der Waals surface area contributed by atoms with E-state index in [1.54, 1.807) is 30.3 Å². The lowest BCUT2D eigenvalue weighted by atomic mass is 10.1. The summed E-state index contributed by atoms with van der Waals surface area (Å²) in [5.41, 5.74) is 1.53. The molecule has 1 aliphatic heterocycles. The summed E-state index contributed by atoms with van der Waals surface area (Å²) in [4.78, 5) is 31.6. The molecule has 0 aliphatic carbocycles. The van der Waals surface area contributed by atoms with Crippen molar-refractivity contribution in [2.24, 2.45) is 0 Å². The van der Waals surface area contributed by atoms with Crippen molar-refractivity contribution in [3.63, 3.8) is 0 Å². The number of thiocarbonyl (C=S) groups is 1. The van der Waals surface area contributed by atoms with Crippen molar-refractivity contribution in [1.29, 1.82) is 0 Å². The van der Waals surface area contributed by atoms with Gasteiger partial charge in [-0.2, -0.15) is 4.98 Å². The number of nitrogens with one attached hydrogen (secondary N) is 1. The van der Waals surface area contributed by atoms with E-state index in [4.69, 9.17) is 38.0 Å².